The Morgan fingerprint density at radius 2 is 1.30 bits per heavy atom. The van der Waals surface area contributed by atoms with Crippen LogP contribution in [0.1, 0.15) is 41.6 Å². The van der Waals surface area contributed by atoms with E-state index < -0.39 is 0 Å². The predicted octanol–water partition coefficient (Wildman–Crippen LogP) is 12.8. The summed E-state index contributed by atoms with van der Waals surface area (Å²) in [6, 6.07) is 44.2. The molecule has 0 fully saturated rings. The summed E-state index contributed by atoms with van der Waals surface area (Å²) >= 11 is 0. The Labute approximate surface area is 325 Å². The van der Waals surface area contributed by atoms with E-state index in [2.05, 4.69) is 106 Å². The van der Waals surface area contributed by atoms with Gasteiger partial charge in [0, 0.05) is 44.5 Å². The first kappa shape index (κ1) is 31.4. The number of hydrogen-bond donors (Lipinski definition) is 0. The van der Waals surface area contributed by atoms with Crippen LogP contribution >= 0.6 is 0 Å². The van der Waals surface area contributed by atoms with Crippen LogP contribution in [0.25, 0.3) is 99.6 Å². The second-order valence-corrected chi connectivity index (χ2v) is 14.6. The lowest BCUT2D eigenvalue weighted by Crippen LogP contribution is -2.11. The maximum atomic E-state index is 10.9. The number of benzene rings is 6. The quantitative estimate of drug-likeness (QED) is 0.170. The molecule has 57 heavy (non-hydrogen) atoms. The molecular weight excluding hydrogens is 701 g/mol. The molecule has 0 saturated heterocycles. The zero-order valence-corrected chi connectivity index (χ0v) is 30.4. The van der Waals surface area contributed by atoms with E-state index in [1.165, 1.54) is 0 Å². The van der Waals surface area contributed by atoms with Crippen LogP contribution in [0, 0.1) is 34.5 Å². The lowest BCUT2D eigenvalue weighted by atomic mass is 9.88. The van der Waals surface area contributed by atoms with Gasteiger partial charge in [-0.3, -0.25) is 4.57 Å². The first-order chi connectivity index (χ1) is 28.2. The van der Waals surface area contributed by atoms with Crippen LogP contribution in [0.2, 0.25) is 0 Å². The average Bonchev–Trinajstić information content (AvgIpc) is 3.96. The number of rotatable bonds is 3. The molecule has 12 rings (SSSR count). The number of hydrogen-bond acceptors (Lipinski definition) is 4. The highest BCUT2D eigenvalue weighted by atomic mass is 16.3. The molecule has 0 atom stereocenters. The largest absolute Gasteiger partial charge is 0.455 e. The third kappa shape index (κ3) is 4.23. The van der Waals surface area contributed by atoms with E-state index >= 15 is 0 Å². The number of furan rings is 2. The molecule has 0 amide bonds. The Morgan fingerprint density at radius 3 is 2.04 bits per heavy atom. The third-order valence-electron chi connectivity index (χ3n) is 11.7. The molecule has 6 aromatic carbocycles. The van der Waals surface area contributed by atoms with Gasteiger partial charge in [-0.1, -0.05) is 90.9 Å². The van der Waals surface area contributed by atoms with E-state index in [9.17, 15) is 10.5 Å². The van der Waals surface area contributed by atoms with Gasteiger partial charge in [0.05, 0.1) is 49.8 Å². The van der Waals surface area contributed by atoms with E-state index in [1.54, 1.807) is 0 Å². The number of nitriles is 2. The average molecular weight is 729 g/mol. The molecule has 264 valence electrons. The van der Waals surface area contributed by atoms with Crippen molar-refractivity contribution in [1.29, 1.82) is 10.5 Å². The van der Waals surface area contributed by atoms with E-state index in [0.29, 0.717) is 30.4 Å². The Kier molecular flexibility index (Phi) is 6.47. The first-order valence-electron chi connectivity index (χ1n) is 19.1. The van der Waals surface area contributed by atoms with Crippen LogP contribution in [-0.2, 0) is 0 Å². The van der Waals surface area contributed by atoms with Gasteiger partial charge in [0.25, 0.3) is 0 Å². The van der Waals surface area contributed by atoms with Crippen LogP contribution in [0.15, 0.2) is 142 Å². The van der Waals surface area contributed by atoms with Crippen molar-refractivity contribution >= 4 is 93.9 Å². The Bertz CT molecular complexity index is 3700. The molecule has 0 radical (unpaired) electrons. The maximum Gasteiger partial charge on any atom is 0.145 e. The van der Waals surface area contributed by atoms with E-state index in [1.807, 2.05) is 60.7 Å². The summed E-state index contributed by atoms with van der Waals surface area (Å²) < 4.78 is 17.6. The molecule has 2 aliphatic carbocycles. The van der Waals surface area contributed by atoms with E-state index in [4.69, 9.17) is 8.83 Å². The number of allylic oxidation sites excluding steroid dienone is 5. The summed E-state index contributed by atoms with van der Waals surface area (Å²) in [7, 11) is 0. The van der Waals surface area contributed by atoms with Gasteiger partial charge in [0.1, 0.15) is 40.2 Å². The van der Waals surface area contributed by atoms with Gasteiger partial charge in [-0.25, -0.2) is 0 Å². The van der Waals surface area contributed by atoms with Gasteiger partial charge in [0.2, 0.25) is 0 Å². The van der Waals surface area contributed by atoms with E-state index in [0.717, 1.165) is 110 Å². The standard InChI is InChI=1S/C51H28N4O2/c52-28-30-12-10-18-34(48(30)54-40-20-3-1-2-16-38(40)46-42(54)26-24-36-32-14-5-8-22-44(32)56-50(36)46)35-19-11-13-31(29-53)49(35)55-41-21-7-4-17-39(41)47-43(55)27-25-37-33-15-6-9-23-45(33)57-51(37)47/h2,4-10,12-18,21-27H,1,11,19H2. The zero-order chi connectivity index (χ0) is 37.8. The fourth-order valence-electron chi connectivity index (χ4n) is 9.42. The number of aromatic nitrogens is 2. The van der Waals surface area contributed by atoms with Gasteiger partial charge in [-0.15, -0.1) is 0 Å². The number of para-hydroxylation sites is 4. The lowest BCUT2D eigenvalue weighted by Gasteiger charge is -2.25. The van der Waals surface area contributed by atoms with Gasteiger partial charge in [-0.2, -0.15) is 10.5 Å². The molecule has 0 bridgehead atoms. The molecule has 2 aliphatic rings. The highest BCUT2D eigenvalue weighted by Gasteiger charge is 2.30. The molecule has 0 aliphatic heterocycles. The van der Waals surface area contributed by atoms with Crippen LogP contribution in [0.5, 0.6) is 0 Å². The molecule has 0 spiro atoms. The Morgan fingerprint density at radius 1 is 0.614 bits per heavy atom. The zero-order valence-electron chi connectivity index (χ0n) is 30.4. The fraction of sp³-hybridized carbons (Fsp3) is 0.0588. The summed E-state index contributed by atoms with van der Waals surface area (Å²) in [5, 5.41) is 29.0. The van der Waals surface area contributed by atoms with Crippen molar-refractivity contribution in [3.05, 3.63) is 155 Å². The predicted molar refractivity (Wildman–Crippen MR) is 229 cm³/mol. The molecule has 0 N–H and O–H groups in total. The minimum absolute atomic E-state index is 0.512. The molecule has 0 unspecified atom stereocenters. The number of fused-ring (bicyclic) bond motifs is 14. The Balaban J connectivity index is 1.22. The summed E-state index contributed by atoms with van der Waals surface area (Å²) in [5.74, 6) is 6.85. The second kappa shape index (κ2) is 11.8. The minimum Gasteiger partial charge on any atom is -0.455 e. The van der Waals surface area contributed by atoms with Crippen molar-refractivity contribution in [2.24, 2.45) is 0 Å². The van der Waals surface area contributed by atoms with Gasteiger partial charge in [0.15, 0.2) is 0 Å². The van der Waals surface area contributed by atoms with Crippen LogP contribution in [0.4, 0.5) is 0 Å². The molecular formula is C51H28N4O2. The summed E-state index contributed by atoms with van der Waals surface area (Å²) in [6.07, 6.45) is 8.20. The van der Waals surface area contributed by atoms with Crippen LogP contribution < -0.4 is 0 Å². The van der Waals surface area contributed by atoms with Crippen LogP contribution in [0.3, 0.4) is 0 Å². The third-order valence-corrected chi connectivity index (χ3v) is 11.7. The van der Waals surface area contributed by atoms with Crippen molar-refractivity contribution in [2.75, 3.05) is 0 Å². The van der Waals surface area contributed by atoms with Gasteiger partial charge >= 0.3 is 0 Å². The second-order valence-electron chi connectivity index (χ2n) is 14.6. The molecule has 4 heterocycles. The topological polar surface area (TPSA) is 83.7 Å². The SMILES string of the molecule is N#CC1=CCCC(c2cccc(C#N)c2-n2c3c(c4c5oc6ccccc6c5ccc42)C=CCC#C3)=C1n1c2ccccc2c2c3oc4ccccc4c3ccc21. The van der Waals surface area contributed by atoms with E-state index in [-0.39, 0.29) is 0 Å². The lowest BCUT2D eigenvalue weighted by molar-refractivity contribution is 0.672. The van der Waals surface area contributed by atoms with Crippen molar-refractivity contribution in [3.63, 3.8) is 0 Å². The van der Waals surface area contributed by atoms with Crippen molar-refractivity contribution < 1.29 is 8.83 Å². The maximum absolute atomic E-state index is 10.9. The van der Waals surface area contributed by atoms with Crippen molar-refractivity contribution in [1.82, 2.24) is 9.13 Å². The smallest absolute Gasteiger partial charge is 0.145 e. The van der Waals surface area contributed by atoms with Crippen molar-refractivity contribution in [3.8, 4) is 29.7 Å². The summed E-state index contributed by atoms with van der Waals surface area (Å²) in [6.45, 7) is 0. The summed E-state index contributed by atoms with van der Waals surface area (Å²) in [4.78, 5) is 0. The molecule has 6 heteroatoms. The fourth-order valence-corrected chi connectivity index (χ4v) is 9.42. The van der Waals surface area contributed by atoms with Crippen molar-refractivity contribution in [2.45, 2.75) is 19.3 Å². The molecule has 10 aromatic rings. The monoisotopic (exact) mass is 728 g/mol. The van der Waals surface area contributed by atoms with Gasteiger partial charge < -0.3 is 13.4 Å². The highest BCUT2D eigenvalue weighted by molar-refractivity contribution is 6.25. The van der Waals surface area contributed by atoms with Crippen LogP contribution in [-0.4, -0.2) is 9.13 Å². The Hall–Kier alpha value is -7.98. The number of nitrogens with zero attached hydrogens (tertiary/aromatic N) is 4. The summed E-state index contributed by atoms with van der Waals surface area (Å²) in [5.41, 5.74) is 12.3. The highest BCUT2D eigenvalue weighted by Crippen LogP contribution is 2.47. The molecule has 6 nitrogen and oxygen atoms in total. The normalized spacial score (nSPS) is 14.0. The molecule has 0 saturated carbocycles. The van der Waals surface area contributed by atoms with Gasteiger partial charge in [-0.05, 0) is 72.9 Å². The minimum atomic E-state index is 0.512. The molecule has 4 aromatic heterocycles. The first-order valence-corrected chi connectivity index (χ1v) is 19.1.